The zero-order valence-electron chi connectivity index (χ0n) is 13.3. The Morgan fingerprint density at radius 2 is 2.33 bits per heavy atom. The largest absolute Gasteiger partial charge is 0.384 e. The summed E-state index contributed by atoms with van der Waals surface area (Å²) in [5.74, 6) is 0. The molecule has 2 saturated carbocycles. The van der Waals surface area contributed by atoms with E-state index in [4.69, 9.17) is 4.74 Å². The summed E-state index contributed by atoms with van der Waals surface area (Å²) in [6.45, 7) is 5.28. The Balaban J connectivity index is 1.58. The zero-order chi connectivity index (χ0) is 15.1. The number of nitrogens with zero attached hydrogens (tertiary/aromatic N) is 2. The van der Waals surface area contributed by atoms with Gasteiger partial charge in [0.25, 0.3) is 0 Å². The number of ether oxygens (including phenoxy) is 1. The van der Waals surface area contributed by atoms with Crippen molar-refractivity contribution < 1.29 is 9.84 Å². The summed E-state index contributed by atoms with van der Waals surface area (Å²) in [5, 5.41) is 18.4. The van der Waals surface area contributed by atoms with Crippen LogP contribution in [0.5, 0.6) is 0 Å². The number of rotatable bonds is 6. The molecule has 1 heterocycles. The predicted octanol–water partition coefficient (Wildman–Crippen LogP) is 1.56. The second-order valence-electron chi connectivity index (χ2n) is 6.88. The molecule has 1 aromatic heterocycles. The van der Waals surface area contributed by atoms with Gasteiger partial charge in [0.1, 0.15) is 5.60 Å². The van der Waals surface area contributed by atoms with E-state index in [2.05, 4.69) is 17.3 Å². The molecule has 0 saturated heterocycles. The second-order valence-corrected chi connectivity index (χ2v) is 6.88. The summed E-state index contributed by atoms with van der Waals surface area (Å²) in [5.41, 5.74) is 0.317. The molecule has 2 aliphatic rings. The number of hydrogen-bond donors (Lipinski definition) is 2. The number of aromatic nitrogens is 2. The average molecular weight is 293 g/mol. The molecular formula is C16H27N3O2. The first-order chi connectivity index (χ1) is 9.98. The molecule has 2 fully saturated rings. The highest BCUT2D eigenvalue weighted by molar-refractivity contribution is 5.16. The van der Waals surface area contributed by atoms with Crippen molar-refractivity contribution >= 4 is 0 Å². The molecule has 0 amide bonds. The minimum absolute atomic E-state index is 0.334. The number of hydrogen-bond acceptors (Lipinski definition) is 4. The third kappa shape index (κ3) is 2.51. The average Bonchev–Trinajstić information content (AvgIpc) is 2.78. The van der Waals surface area contributed by atoms with E-state index < -0.39 is 5.60 Å². The van der Waals surface area contributed by atoms with E-state index in [1.807, 2.05) is 20.2 Å². The Kier molecular flexibility index (Phi) is 3.84. The summed E-state index contributed by atoms with van der Waals surface area (Å²) in [4.78, 5) is 0. The van der Waals surface area contributed by atoms with Crippen LogP contribution in [0, 0.1) is 5.41 Å². The summed E-state index contributed by atoms with van der Waals surface area (Å²) >= 11 is 0. The van der Waals surface area contributed by atoms with E-state index in [9.17, 15) is 5.11 Å². The lowest BCUT2D eigenvalue weighted by atomic mass is 9.51. The molecule has 0 aromatic carbocycles. The monoisotopic (exact) mass is 293 g/mol. The summed E-state index contributed by atoms with van der Waals surface area (Å²) in [6, 6.07) is 0.478. The van der Waals surface area contributed by atoms with Crippen molar-refractivity contribution in [2.75, 3.05) is 13.2 Å². The SMILES string of the molecule is CCO[C@@H]1C[C@@H](NC[C@@](C)(O)c2cnn(C)c2)C12CCC2. The highest BCUT2D eigenvalue weighted by atomic mass is 16.5. The molecule has 0 radical (unpaired) electrons. The molecule has 1 aromatic rings. The number of aliphatic hydroxyl groups is 1. The smallest absolute Gasteiger partial charge is 0.102 e. The van der Waals surface area contributed by atoms with E-state index in [0.717, 1.165) is 18.6 Å². The van der Waals surface area contributed by atoms with Gasteiger partial charge < -0.3 is 15.2 Å². The maximum Gasteiger partial charge on any atom is 0.102 e. The van der Waals surface area contributed by atoms with Crippen molar-refractivity contribution in [1.82, 2.24) is 15.1 Å². The van der Waals surface area contributed by atoms with Crippen LogP contribution in [0.1, 0.15) is 45.1 Å². The molecule has 5 heteroatoms. The standard InChI is InChI=1S/C16H27N3O2/c1-4-21-14-8-13(16(14)6-5-7-16)17-11-15(2,20)12-9-18-19(3)10-12/h9-10,13-14,17,20H,4-8,11H2,1-3H3/t13-,14-,15-/m1/s1. The Morgan fingerprint density at radius 1 is 1.57 bits per heavy atom. The van der Waals surface area contributed by atoms with Crippen LogP contribution in [-0.4, -0.2) is 40.2 Å². The van der Waals surface area contributed by atoms with Crippen molar-refractivity contribution in [3.05, 3.63) is 18.0 Å². The van der Waals surface area contributed by atoms with E-state index in [1.54, 1.807) is 10.9 Å². The highest BCUT2D eigenvalue weighted by Gasteiger charge is 2.58. The third-order valence-corrected chi connectivity index (χ3v) is 5.46. The first kappa shape index (κ1) is 15.0. The Labute approximate surface area is 126 Å². The zero-order valence-corrected chi connectivity index (χ0v) is 13.3. The lowest BCUT2D eigenvalue weighted by molar-refractivity contribution is -0.175. The quantitative estimate of drug-likeness (QED) is 0.836. The van der Waals surface area contributed by atoms with Crippen LogP contribution < -0.4 is 5.32 Å². The fraction of sp³-hybridized carbons (Fsp3) is 0.812. The lowest BCUT2D eigenvalue weighted by Crippen LogP contribution is -2.67. The maximum atomic E-state index is 10.7. The molecule has 2 aliphatic carbocycles. The molecule has 3 atom stereocenters. The minimum atomic E-state index is -0.879. The molecular weight excluding hydrogens is 266 g/mol. The van der Waals surface area contributed by atoms with Gasteiger partial charge in [0.2, 0.25) is 0 Å². The molecule has 118 valence electrons. The normalized spacial score (nSPS) is 29.7. The first-order valence-corrected chi connectivity index (χ1v) is 8.04. The van der Waals surface area contributed by atoms with Crippen LogP contribution >= 0.6 is 0 Å². The van der Waals surface area contributed by atoms with Gasteiger partial charge in [-0.05, 0) is 33.1 Å². The van der Waals surface area contributed by atoms with Crippen LogP contribution in [0.2, 0.25) is 0 Å². The fourth-order valence-electron chi connectivity index (χ4n) is 3.85. The number of aryl methyl sites for hydroxylation is 1. The van der Waals surface area contributed by atoms with Gasteiger partial charge >= 0.3 is 0 Å². The second kappa shape index (κ2) is 5.38. The predicted molar refractivity (Wildman–Crippen MR) is 80.9 cm³/mol. The Hall–Kier alpha value is -0.910. The van der Waals surface area contributed by atoms with Gasteiger partial charge in [-0.3, -0.25) is 4.68 Å². The van der Waals surface area contributed by atoms with Crippen molar-refractivity contribution in [2.24, 2.45) is 12.5 Å². The van der Waals surface area contributed by atoms with Gasteiger partial charge in [-0.1, -0.05) is 6.42 Å². The summed E-state index contributed by atoms with van der Waals surface area (Å²) in [7, 11) is 1.87. The van der Waals surface area contributed by atoms with Gasteiger partial charge in [0.15, 0.2) is 0 Å². The van der Waals surface area contributed by atoms with Gasteiger partial charge in [-0.15, -0.1) is 0 Å². The van der Waals surface area contributed by atoms with Gasteiger partial charge in [0.05, 0.1) is 12.3 Å². The van der Waals surface area contributed by atoms with E-state index >= 15 is 0 Å². The van der Waals surface area contributed by atoms with Crippen LogP contribution in [0.25, 0.3) is 0 Å². The Bertz CT molecular complexity index is 493. The summed E-state index contributed by atoms with van der Waals surface area (Å²) in [6.07, 6.45) is 8.92. The van der Waals surface area contributed by atoms with Crippen molar-refractivity contribution in [2.45, 2.75) is 57.3 Å². The molecule has 0 unspecified atom stereocenters. The summed E-state index contributed by atoms with van der Waals surface area (Å²) < 4.78 is 7.60. The molecule has 5 nitrogen and oxygen atoms in total. The van der Waals surface area contributed by atoms with Crippen LogP contribution in [0.4, 0.5) is 0 Å². The Morgan fingerprint density at radius 3 is 2.86 bits per heavy atom. The molecule has 0 aliphatic heterocycles. The third-order valence-electron chi connectivity index (χ3n) is 5.46. The van der Waals surface area contributed by atoms with Crippen LogP contribution in [-0.2, 0) is 17.4 Å². The topological polar surface area (TPSA) is 59.3 Å². The molecule has 3 rings (SSSR count). The fourth-order valence-corrected chi connectivity index (χ4v) is 3.85. The molecule has 21 heavy (non-hydrogen) atoms. The molecule has 2 N–H and O–H groups in total. The van der Waals surface area contributed by atoms with Crippen molar-refractivity contribution in [3.8, 4) is 0 Å². The van der Waals surface area contributed by atoms with Crippen molar-refractivity contribution in [3.63, 3.8) is 0 Å². The van der Waals surface area contributed by atoms with Gasteiger partial charge in [-0.2, -0.15) is 5.10 Å². The molecule has 0 bridgehead atoms. The van der Waals surface area contributed by atoms with Crippen molar-refractivity contribution in [1.29, 1.82) is 0 Å². The minimum Gasteiger partial charge on any atom is -0.384 e. The highest BCUT2D eigenvalue weighted by Crippen LogP contribution is 2.57. The lowest BCUT2D eigenvalue weighted by Gasteiger charge is -2.61. The first-order valence-electron chi connectivity index (χ1n) is 8.04. The van der Waals surface area contributed by atoms with E-state index in [1.165, 1.54) is 19.3 Å². The van der Waals surface area contributed by atoms with Crippen LogP contribution in [0.3, 0.4) is 0 Å². The van der Waals surface area contributed by atoms with E-state index in [0.29, 0.717) is 24.1 Å². The van der Waals surface area contributed by atoms with E-state index in [-0.39, 0.29) is 0 Å². The number of nitrogens with one attached hydrogen (secondary N) is 1. The molecule has 1 spiro atoms. The van der Waals surface area contributed by atoms with Gasteiger partial charge in [0, 0.05) is 43.4 Å². The van der Waals surface area contributed by atoms with Crippen LogP contribution in [0.15, 0.2) is 12.4 Å². The maximum absolute atomic E-state index is 10.7. The van der Waals surface area contributed by atoms with Gasteiger partial charge in [-0.25, -0.2) is 0 Å².